The molecule has 3 heteroatoms. The minimum absolute atomic E-state index is 0.746. The Kier molecular flexibility index (Phi) is 3.62. The van der Waals surface area contributed by atoms with Crippen LogP contribution in [0.5, 0.6) is 0 Å². The molecule has 0 spiro atoms. The van der Waals surface area contributed by atoms with Gasteiger partial charge >= 0.3 is 0 Å². The van der Waals surface area contributed by atoms with Gasteiger partial charge in [0.15, 0.2) is 0 Å². The SMILES string of the molecule is CNCc1cc(N2CC(C)C(C)C2)nc2ccccc12. The Labute approximate surface area is 121 Å². The molecule has 2 aromatic rings. The average molecular weight is 269 g/mol. The van der Waals surface area contributed by atoms with E-state index in [4.69, 9.17) is 4.98 Å². The third kappa shape index (κ3) is 2.38. The number of aromatic nitrogens is 1. The van der Waals surface area contributed by atoms with Crippen LogP contribution < -0.4 is 10.2 Å². The van der Waals surface area contributed by atoms with Crippen LogP contribution in [0.2, 0.25) is 0 Å². The second-order valence-electron chi connectivity index (χ2n) is 6.05. The van der Waals surface area contributed by atoms with Crippen molar-refractivity contribution in [3.63, 3.8) is 0 Å². The van der Waals surface area contributed by atoms with E-state index in [1.165, 1.54) is 10.9 Å². The zero-order chi connectivity index (χ0) is 14.1. The minimum atomic E-state index is 0.746. The quantitative estimate of drug-likeness (QED) is 0.928. The van der Waals surface area contributed by atoms with Crippen molar-refractivity contribution < 1.29 is 0 Å². The Morgan fingerprint density at radius 3 is 2.60 bits per heavy atom. The van der Waals surface area contributed by atoms with Gasteiger partial charge in [-0.1, -0.05) is 32.0 Å². The van der Waals surface area contributed by atoms with Gasteiger partial charge in [0.2, 0.25) is 0 Å². The van der Waals surface area contributed by atoms with Gasteiger partial charge in [0.1, 0.15) is 5.82 Å². The van der Waals surface area contributed by atoms with E-state index in [1.54, 1.807) is 0 Å². The van der Waals surface area contributed by atoms with Crippen LogP contribution in [0.3, 0.4) is 0 Å². The first-order chi connectivity index (χ1) is 9.69. The van der Waals surface area contributed by atoms with Crippen molar-refractivity contribution in [2.24, 2.45) is 11.8 Å². The van der Waals surface area contributed by atoms with Gasteiger partial charge in [-0.3, -0.25) is 0 Å². The van der Waals surface area contributed by atoms with E-state index in [1.807, 2.05) is 7.05 Å². The molecule has 0 amide bonds. The molecule has 3 nitrogen and oxygen atoms in total. The average Bonchev–Trinajstić information content (AvgIpc) is 2.79. The molecule has 1 aromatic heterocycles. The van der Waals surface area contributed by atoms with E-state index in [-0.39, 0.29) is 0 Å². The molecular weight excluding hydrogens is 246 g/mol. The molecule has 0 saturated carbocycles. The van der Waals surface area contributed by atoms with Crippen LogP contribution in [0.1, 0.15) is 19.4 Å². The molecule has 2 heterocycles. The lowest BCUT2D eigenvalue weighted by molar-refractivity contribution is 0.494. The molecule has 1 fully saturated rings. The molecule has 1 saturated heterocycles. The number of fused-ring (bicyclic) bond motifs is 1. The Balaban J connectivity index is 2.03. The highest BCUT2D eigenvalue weighted by Crippen LogP contribution is 2.29. The van der Waals surface area contributed by atoms with Crippen LogP contribution in [0.25, 0.3) is 10.9 Å². The second-order valence-corrected chi connectivity index (χ2v) is 6.05. The lowest BCUT2D eigenvalue weighted by Gasteiger charge is -2.19. The smallest absolute Gasteiger partial charge is 0.129 e. The number of pyridine rings is 1. The fraction of sp³-hybridized carbons (Fsp3) is 0.471. The van der Waals surface area contributed by atoms with Crippen molar-refractivity contribution in [3.05, 3.63) is 35.9 Å². The maximum atomic E-state index is 4.87. The Morgan fingerprint density at radius 2 is 1.90 bits per heavy atom. The predicted molar refractivity (Wildman–Crippen MR) is 85.0 cm³/mol. The van der Waals surface area contributed by atoms with E-state index < -0.39 is 0 Å². The molecule has 2 unspecified atom stereocenters. The summed E-state index contributed by atoms with van der Waals surface area (Å²) >= 11 is 0. The van der Waals surface area contributed by atoms with Crippen LogP contribution >= 0.6 is 0 Å². The number of nitrogens with one attached hydrogen (secondary N) is 1. The maximum Gasteiger partial charge on any atom is 0.129 e. The fourth-order valence-corrected chi connectivity index (χ4v) is 3.05. The molecule has 106 valence electrons. The number of nitrogens with zero attached hydrogens (tertiary/aromatic N) is 2. The van der Waals surface area contributed by atoms with Crippen LogP contribution in [-0.4, -0.2) is 25.1 Å². The molecule has 1 N–H and O–H groups in total. The summed E-state index contributed by atoms with van der Waals surface area (Å²) < 4.78 is 0. The zero-order valence-corrected chi connectivity index (χ0v) is 12.6. The van der Waals surface area contributed by atoms with Crippen molar-refractivity contribution in [3.8, 4) is 0 Å². The summed E-state index contributed by atoms with van der Waals surface area (Å²) in [6.45, 7) is 7.78. The molecule has 0 aliphatic carbocycles. The minimum Gasteiger partial charge on any atom is -0.356 e. The number of benzene rings is 1. The summed E-state index contributed by atoms with van der Waals surface area (Å²) in [6, 6.07) is 10.7. The van der Waals surface area contributed by atoms with Gasteiger partial charge in [-0.05, 0) is 36.6 Å². The Morgan fingerprint density at radius 1 is 1.20 bits per heavy atom. The first-order valence-corrected chi connectivity index (χ1v) is 7.47. The number of para-hydroxylation sites is 1. The first-order valence-electron chi connectivity index (χ1n) is 7.47. The van der Waals surface area contributed by atoms with Gasteiger partial charge in [0, 0.05) is 25.0 Å². The van der Waals surface area contributed by atoms with Crippen molar-refractivity contribution in [1.29, 1.82) is 0 Å². The molecule has 0 bridgehead atoms. The Hall–Kier alpha value is -1.61. The van der Waals surface area contributed by atoms with E-state index in [0.29, 0.717) is 0 Å². The molecule has 2 atom stereocenters. The van der Waals surface area contributed by atoms with Gasteiger partial charge < -0.3 is 10.2 Å². The summed E-state index contributed by atoms with van der Waals surface area (Å²) in [5.41, 5.74) is 2.43. The standard InChI is InChI=1S/C17H23N3/c1-12-10-20(11-13(12)2)17-8-14(9-18-3)15-6-4-5-7-16(15)19-17/h4-8,12-13,18H,9-11H2,1-3H3. The van der Waals surface area contributed by atoms with Crippen molar-refractivity contribution in [2.45, 2.75) is 20.4 Å². The lowest BCUT2D eigenvalue weighted by atomic mass is 10.0. The van der Waals surface area contributed by atoms with E-state index in [0.717, 1.165) is 42.8 Å². The monoisotopic (exact) mass is 269 g/mol. The molecular formula is C17H23N3. The third-order valence-corrected chi connectivity index (χ3v) is 4.47. The van der Waals surface area contributed by atoms with Crippen molar-refractivity contribution >= 4 is 16.7 Å². The maximum absolute atomic E-state index is 4.87. The molecule has 1 aromatic carbocycles. The predicted octanol–water partition coefficient (Wildman–Crippen LogP) is 3.05. The normalized spacial score (nSPS) is 22.6. The van der Waals surface area contributed by atoms with Gasteiger partial charge in [-0.15, -0.1) is 0 Å². The highest BCUT2D eigenvalue weighted by molar-refractivity contribution is 5.84. The highest BCUT2D eigenvalue weighted by atomic mass is 15.2. The molecule has 20 heavy (non-hydrogen) atoms. The van der Waals surface area contributed by atoms with Gasteiger partial charge in [0.25, 0.3) is 0 Å². The van der Waals surface area contributed by atoms with Gasteiger partial charge in [-0.2, -0.15) is 0 Å². The largest absolute Gasteiger partial charge is 0.356 e. The summed E-state index contributed by atoms with van der Waals surface area (Å²) in [5.74, 6) is 2.62. The summed E-state index contributed by atoms with van der Waals surface area (Å²) in [7, 11) is 1.99. The molecule has 1 aliphatic heterocycles. The molecule has 3 rings (SSSR count). The van der Waals surface area contributed by atoms with E-state index in [9.17, 15) is 0 Å². The van der Waals surface area contributed by atoms with E-state index in [2.05, 4.69) is 54.4 Å². The molecule has 0 radical (unpaired) electrons. The number of rotatable bonds is 3. The zero-order valence-electron chi connectivity index (χ0n) is 12.6. The lowest BCUT2D eigenvalue weighted by Crippen LogP contribution is -2.21. The summed E-state index contributed by atoms with van der Waals surface area (Å²) in [6.07, 6.45) is 0. The third-order valence-electron chi connectivity index (χ3n) is 4.47. The number of hydrogen-bond donors (Lipinski definition) is 1. The van der Waals surface area contributed by atoms with Crippen LogP contribution in [-0.2, 0) is 6.54 Å². The highest BCUT2D eigenvalue weighted by Gasteiger charge is 2.27. The van der Waals surface area contributed by atoms with Crippen LogP contribution in [0, 0.1) is 11.8 Å². The van der Waals surface area contributed by atoms with Crippen LogP contribution in [0.4, 0.5) is 5.82 Å². The van der Waals surface area contributed by atoms with Crippen LogP contribution in [0.15, 0.2) is 30.3 Å². The topological polar surface area (TPSA) is 28.2 Å². The van der Waals surface area contributed by atoms with Gasteiger partial charge in [-0.25, -0.2) is 4.98 Å². The summed E-state index contributed by atoms with van der Waals surface area (Å²) in [5, 5.41) is 4.52. The summed E-state index contributed by atoms with van der Waals surface area (Å²) in [4.78, 5) is 7.30. The Bertz CT molecular complexity index is 598. The van der Waals surface area contributed by atoms with Gasteiger partial charge in [0.05, 0.1) is 5.52 Å². The number of hydrogen-bond acceptors (Lipinski definition) is 3. The van der Waals surface area contributed by atoms with Crippen molar-refractivity contribution in [2.75, 3.05) is 25.0 Å². The van der Waals surface area contributed by atoms with Crippen molar-refractivity contribution in [1.82, 2.24) is 10.3 Å². The molecule has 1 aliphatic rings. The number of anilines is 1. The second kappa shape index (κ2) is 5.41. The fourth-order valence-electron chi connectivity index (χ4n) is 3.05. The van der Waals surface area contributed by atoms with E-state index >= 15 is 0 Å². The first kappa shape index (κ1) is 13.4.